The molecule has 3 heterocycles. The van der Waals surface area contributed by atoms with Gasteiger partial charge in [-0.05, 0) is 71.2 Å². The summed E-state index contributed by atoms with van der Waals surface area (Å²) in [5, 5.41) is 3.12. The average Bonchev–Trinajstić information content (AvgIpc) is 2.95. The van der Waals surface area contributed by atoms with Crippen molar-refractivity contribution in [2.75, 3.05) is 18.1 Å². The van der Waals surface area contributed by atoms with E-state index < -0.39 is 11.2 Å². The monoisotopic (exact) mass is 455 g/mol. The molecular weight excluding hydrogens is 425 g/mol. The van der Waals surface area contributed by atoms with Crippen LogP contribution < -0.4 is 15.0 Å². The van der Waals surface area contributed by atoms with Crippen molar-refractivity contribution in [2.24, 2.45) is 0 Å². The minimum Gasteiger partial charge on any atom is -0.475 e. The number of anilines is 2. The molecule has 1 N–H and O–H groups in total. The maximum absolute atomic E-state index is 14.8. The highest BCUT2D eigenvalue weighted by atomic mass is 19.1. The van der Waals surface area contributed by atoms with Crippen LogP contribution in [-0.4, -0.2) is 41.7 Å². The van der Waals surface area contributed by atoms with Crippen LogP contribution in [0.15, 0.2) is 30.5 Å². The maximum Gasteiger partial charge on any atom is 0.251 e. The van der Waals surface area contributed by atoms with Gasteiger partial charge in [-0.2, -0.15) is 0 Å². The van der Waals surface area contributed by atoms with Crippen LogP contribution in [0.1, 0.15) is 63.4 Å². The molecule has 1 aromatic carbocycles. The minimum absolute atomic E-state index is 0.0735. The summed E-state index contributed by atoms with van der Waals surface area (Å²) in [6.07, 6.45) is 2.39. The van der Waals surface area contributed by atoms with E-state index in [9.17, 15) is 14.0 Å². The predicted molar refractivity (Wildman–Crippen MR) is 122 cm³/mol. The van der Waals surface area contributed by atoms with E-state index in [1.54, 1.807) is 32.0 Å². The van der Waals surface area contributed by atoms with Crippen LogP contribution in [0.3, 0.4) is 0 Å². The summed E-state index contributed by atoms with van der Waals surface area (Å²) >= 11 is 0. The Bertz CT molecular complexity index is 1090. The Kier molecular flexibility index (Phi) is 5.90. The average molecular weight is 456 g/mol. The lowest BCUT2D eigenvalue weighted by molar-refractivity contribution is -0.121. The van der Waals surface area contributed by atoms with Crippen LogP contribution in [0.5, 0.6) is 5.88 Å². The lowest BCUT2D eigenvalue weighted by Gasteiger charge is -2.34. The van der Waals surface area contributed by atoms with Crippen LogP contribution in [-0.2, 0) is 14.9 Å². The zero-order valence-electron chi connectivity index (χ0n) is 19.7. The first-order valence-electron chi connectivity index (χ1n) is 11.2. The van der Waals surface area contributed by atoms with Crippen molar-refractivity contribution in [1.82, 2.24) is 10.3 Å². The summed E-state index contributed by atoms with van der Waals surface area (Å²) in [4.78, 5) is 31.7. The van der Waals surface area contributed by atoms with Crippen molar-refractivity contribution in [3.05, 3.63) is 47.4 Å². The van der Waals surface area contributed by atoms with Gasteiger partial charge in [-0.15, -0.1) is 0 Å². The van der Waals surface area contributed by atoms with Gasteiger partial charge in [-0.25, -0.2) is 9.37 Å². The Balaban J connectivity index is 1.69. The quantitative estimate of drug-likeness (QED) is 0.729. The van der Waals surface area contributed by atoms with Crippen LogP contribution in [0.2, 0.25) is 0 Å². The number of rotatable bonds is 5. The van der Waals surface area contributed by atoms with E-state index in [-0.39, 0.29) is 35.0 Å². The molecule has 2 aromatic rings. The molecule has 2 aliphatic heterocycles. The van der Waals surface area contributed by atoms with E-state index in [4.69, 9.17) is 9.47 Å². The molecule has 176 valence electrons. The molecule has 1 fully saturated rings. The molecule has 2 amide bonds. The molecule has 4 rings (SSSR count). The third-order valence-electron chi connectivity index (χ3n) is 6.33. The zero-order valence-corrected chi connectivity index (χ0v) is 19.7. The molecule has 0 aliphatic carbocycles. The first-order valence-corrected chi connectivity index (χ1v) is 11.2. The van der Waals surface area contributed by atoms with Crippen LogP contribution >= 0.6 is 0 Å². The van der Waals surface area contributed by atoms with Crippen molar-refractivity contribution >= 4 is 23.2 Å². The molecule has 7 nitrogen and oxygen atoms in total. The molecule has 0 radical (unpaired) electrons. The standard InChI is InChI=1S/C25H30FN3O4/c1-15(2)33-21-13-20(18(26)14-27-21)29-19-7-6-16(12-17(19)24(3,4)23(29)31)22(30)28-25(5)8-10-32-11-9-25/h6-7,12-15H,8-11H2,1-5H3,(H,28,30). The highest BCUT2D eigenvalue weighted by Crippen LogP contribution is 2.46. The van der Waals surface area contributed by atoms with Crippen LogP contribution in [0, 0.1) is 5.82 Å². The highest BCUT2D eigenvalue weighted by Gasteiger charge is 2.46. The first-order chi connectivity index (χ1) is 15.5. The number of aromatic nitrogens is 1. The van der Waals surface area contributed by atoms with E-state index in [0.29, 0.717) is 30.0 Å². The number of amides is 2. The Morgan fingerprint density at radius 1 is 1.18 bits per heavy atom. The molecular formula is C25H30FN3O4. The minimum atomic E-state index is -0.941. The molecule has 0 bridgehead atoms. The molecule has 8 heteroatoms. The van der Waals surface area contributed by atoms with Crippen molar-refractivity contribution in [3.63, 3.8) is 0 Å². The molecule has 1 aromatic heterocycles. The second-order valence-electron chi connectivity index (χ2n) is 9.77. The highest BCUT2D eigenvalue weighted by molar-refractivity contribution is 6.13. The number of halogens is 1. The van der Waals surface area contributed by atoms with E-state index >= 15 is 0 Å². The predicted octanol–water partition coefficient (Wildman–Crippen LogP) is 4.26. The Morgan fingerprint density at radius 2 is 1.88 bits per heavy atom. The van der Waals surface area contributed by atoms with E-state index in [1.807, 2.05) is 20.8 Å². The second kappa shape index (κ2) is 8.41. The van der Waals surface area contributed by atoms with Gasteiger partial charge in [0.05, 0.1) is 29.1 Å². The molecule has 0 saturated carbocycles. The fraction of sp³-hybridized carbons (Fsp3) is 0.480. The van der Waals surface area contributed by atoms with Crippen molar-refractivity contribution in [1.29, 1.82) is 0 Å². The molecule has 0 atom stereocenters. The number of hydrogen-bond donors (Lipinski definition) is 1. The number of carbonyl (C=O) groups is 2. The van der Waals surface area contributed by atoms with Gasteiger partial charge in [-0.1, -0.05) is 0 Å². The van der Waals surface area contributed by atoms with Gasteiger partial charge in [0, 0.05) is 30.4 Å². The normalized spacial score (nSPS) is 18.9. The Labute approximate surface area is 193 Å². The summed E-state index contributed by atoms with van der Waals surface area (Å²) in [5.41, 5.74) is 0.466. The van der Waals surface area contributed by atoms with Gasteiger partial charge in [0.25, 0.3) is 5.91 Å². The van der Waals surface area contributed by atoms with E-state index in [2.05, 4.69) is 10.3 Å². The molecule has 0 spiro atoms. The number of carbonyl (C=O) groups excluding carboxylic acids is 2. The zero-order chi connectivity index (χ0) is 24.0. The van der Waals surface area contributed by atoms with Crippen LogP contribution in [0.25, 0.3) is 0 Å². The lowest BCUT2D eigenvalue weighted by atomic mass is 9.85. The van der Waals surface area contributed by atoms with Crippen LogP contribution in [0.4, 0.5) is 15.8 Å². The smallest absolute Gasteiger partial charge is 0.251 e. The van der Waals surface area contributed by atoms with E-state index in [0.717, 1.165) is 19.0 Å². The third-order valence-corrected chi connectivity index (χ3v) is 6.33. The Hall–Kier alpha value is -3.00. The maximum atomic E-state index is 14.8. The SMILES string of the molecule is CC(C)Oc1cc(N2C(=O)C(C)(C)c3cc(C(=O)NC4(C)CCOCC4)ccc32)c(F)cn1. The topological polar surface area (TPSA) is 80.8 Å². The summed E-state index contributed by atoms with van der Waals surface area (Å²) in [7, 11) is 0. The number of benzene rings is 1. The van der Waals surface area contributed by atoms with Gasteiger partial charge in [-0.3, -0.25) is 14.5 Å². The van der Waals surface area contributed by atoms with Gasteiger partial charge >= 0.3 is 0 Å². The number of hydrogen-bond acceptors (Lipinski definition) is 5. The fourth-order valence-electron chi connectivity index (χ4n) is 4.30. The lowest BCUT2D eigenvalue weighted by Crippen LogP contribution is -2.49. The summed E-state index contributed by atoms with van der Waals surface area (Å²) < 4.78 is 25.8. The third kappa shape index (κ3) is 4.31. The van der Waals surface area contributed by atoms with E-state index in [1.165, 1.54) is 11.0 Å². The number of nitrogens with one attached hydrogen (secondary N) is 1. The number of pyridine rings is 1. The van der Waals surface area contributed by atoms with Gasteiger partial charge in [0.15, 0.2) is 5.82 Å². The van der Waals surface area contributed by atoms with Crippen molar-refractivity contribution in [3.8, 4) is 5.88 Å². The molecule has 1 saturated heterocycles. The number of ether oxygens (including phenoxy) is 2. The molecule has 2 aliphatic rings. The summed E-state index contributed by atoms with van der Waals surface area (Å²) in [6, 6.07) is 6.54. The van der Waals surface area contributed by atoms with Gasteiger partial charge < -0.3 is 14.8 Å². The summed E-state index contributed by atoms with van der Waals surface area (Å²) in [5.74, 6) is -0.878. The number of fused-ring (bicyclic) bond motifs is 1. The number of nitrogens with zero attached hydrogens (tertiary/aromatic N) is 2. The first kappa shape index (κ1) is 23.2. The Morgan fingerprint density at radius 3 is 2.55 bits per heavy atom. The molecule has 0 unspecified atom stereocenters. The van der Waals surface area contributed by atoms with Crippen molar-refractivity contribution in [2.45, 2.75) is 64.5 Å². The van der Waals surface area contributed by atoms with Crippen molar-refractivity contribution < 1.29 is 23.5 Å². The molecule has 33 heavy (non-hydrogen) atoms. The summed E-state index contributed by atoms with van der Waals surface area (Å²) in [6.45, 7) is 10.5. The van der Waals surface area contributed by atoms with Gasteiger partial charge in [0.2, 0.25) is 11.8 Å². The largest absolute Gasteiger partial charge is 0.475 e. The van der Waals surface area contributed by atoms with Gasteiger partial charge in [0.1, 0.15) is 0 Å². The second-order valence-corrected chi connectivity index (χ2v) is 9.77. The fourth-order valence-corrected chi connectivity index (χ4v) is 4.30.